The molecule has 0 unspecified atom stereocenters. The van der Waals surface area contributed by atoms with Gasteiger partial charge in [-0.1, -0.05) is 20.8 Å². The maximum absolute atomic E-state index is 12.3. The monoisotopic (exact) mass is 280 g/mol. The molecule has 112 valence electrons. The highest BCUT2D eigenvalue weighted by Gasteiger charge is 2.29. The third-order valence-corrected chi connectivity index (χ3v) is 3.68. The van der Waals surface area contributed by atoms with Gasteiger partial charge < -0.3 is 10.2 Å². The lowest BCUT2D eigenvalue weighted by atomic mass is 9.89. The maximum Gasteiger partial charge on any atom is 0.276 e. The number of carbonyl (C=O) groups excluding carboxylic acids is 2. The molecule has 0 bridgehead atoms. The lowest BCUT2D eigenvalue weighted by Crippen LogP contribution is -2.31. The Morgan fingerprint density at radius 1 is 1.35 bits per heavy atom. The summed E-state index contributed by atoms with van der Waals surface area (Å²) in [6.45, 7) is 7.54. The number of carbonyl (C=O) groups is 2. The Labute approximate surface area is 120 Å². The molecular weight excluding hydrogens is 256 g/mol. The number of amides is 2. The van der Waals surface area contributed by atoms with Crippen LogP contribution in [0.3, 0.4) is 0 Å². The lowest BCUT2D eigenvalue weighted by molar-refractivity contribution is -0.124. The number of aromatic nitrogens is 2. The van der Waals surface area contributed by atoms with Gasteiger partial charge in [-0.2, -0.15) is 5.10 Å². The van der Waals surface area contributed by atoms with Gasteiger partial charge in [-0.3, -0.25) is 14.3 Å². The Hall–Kier alpha value is -1.85. The van der Waals surface area contributed by atoms with Gasteiger partial charge in [-0.05, 0) is 13.3 Å². The Balaban J connectivity index is 3.18. The molecule has 1 aromatic rings. The van der Waals surface area contributed by atoms with Crippen molar-refractivity contribution in [1.82, 2.24) is 14.7 Å². The van der Waals surface area contributed by atoms with Crippen LogP contribution in [0.15, 0.2) is 0 Å². The standard InChI is InChI=1S/C14H24N4O2/c1-8-14(3,4)13(20)15-10-9(2)18(7)16-11(10)12(19)17(5)6/h8H2,1-7H3,(H,15,20). The molecule has 0 aliphatic carbocycles. The van der Waals surface area contributed by atoms with Crippen LogP contribution in [0.25, 0.3) is 0 Å². The van der Waals surface area contributed by atoms with E-state index in [1.807, 2.05) is 27.7 Å². The highest BCUT2D eigenvalue weighted by molar-refractivity contribution is 6.04. The number of nitrogens with one attached hydrogen (secondary N) is 1. The number of aryl methyl sites for hydroxylation is 1. The van der Waals surface area contributed by atoms with E-state index in [0.29, 0.717) is 5.69 Å². The van der Waals surface area contributed by atoms with Gasteiger partial charge in [-0.15, -0.1) is 0 Å². The first-order valence-electron chi connectivity index (χ1n) is 6.68. The second-order valence-electron chi connectivity index (χ2n) is 5.82. The fourth-order valence-electron chi connectivity index (χ4n) is 1.56. The average Bonchev–Trinajstić information content (AvgIpc) is 2.65. The first-order valence-corrected chi connectivity index (χ1v) is 6.68. The lowest BCUT2D eigenvalue weighted by Gasteiger charge is -2.21. The zero-order valence-electron chi connectivity index (χ0n) is 13.4. The van der Waals surface area contributed by atoms with E-state index in [1.54, 1.807) is 25.8 Å². The van der Waals surface area contributed by atoms with Crippen LogP contribution >= 0.6 is 0 Å². The molecule has 0 saturated heterocycles. The fourth-order valence-corrected chi connectivity index (χ4v) is 1.56. The zero-order chi connectivity index (χ0) is 15.7. The second-order valence-corrected chi connectivity index (χ2v) is 5.82. The van der Waals surface area contributed by atoms with Crippen molar-refractivity contribution < 1.29 is 9.59 Å². The number of rotatable bonds is 4. The van der Waals surface area contributed by atoms with Crippen molar-refractivity contribution in [3.63, 3.8) is 0 Å². The topological polar surface area (TPSA) is 67.2 Å². The average molecular weight is 280 g/mol. The molecule has 2 amide bonds. The van der Waals surface area contributed by atoms with Crippen molar-refractivity contribution in [1.29, 1.82) is 0 Å². The Bertz CT molecular complexity index is 530. The quantitative estimate of drug-likeness (QED) is 0.914. The molecule has 0 aliphatic heterocycles. The van der Waals surface area contributed by atoms with Crippen molar-refractivity contribution in [2.75, 3.05) is 19.4 Å². The third-order valence-electron chi connectivity index (χ3n) is 3.68. The van der Waals surface area contributed by atoms with Gasteiger partial charge in [0.15, 0.2) is 5.69 Å². The molecule has 0 aliphatic rings. The Morgan fingerprint density at radius 3 is 2.35 bits per heavy atom. The number of anilines is 1. The summed E-state index contributed by atoms with van der Waals surface area (Å²) in [6.07, 6.45) is 0.717. The summed E-state index contributed by atoms with van der Waals surface area (Å²) in [5, 5.41) is 7.06. The van der Waals surface area contributed by atoms with Crippen LogP contribution in [0.1, 0.15) is 43.4 Å². The van der Waals surface area contributed by atoms with Crippen molar-refractivity contribution in [2.24, 2.45) is 12.5 Å². The molecule has 0 aromatic carbocycles. The van der Waals surface area contributed by atoms with Gasteiger partial charge >= 0.3 is 0 Å². The minimum Gasteiger partial charge on any atom is -0.343 e. The molecule has 0 saturated carbocycles. The predicted molar refractivity (Wildman–Crippen MR) is 78.7 cm³/mol. The molecule has 0 spiro atoms. The van der Waals surface area contributed by atoms with Crippen LogP contribution in [-0.4, -0.2) is 40.6 Å². The molecule has 20 heavy (non-hydrogen) atoms. The molecule has 0 radical (unpaired) electrons. The van der Waals surface area contributed by atoms with Crippen LogP contribution in [-0.2, 0) is 11.8 Å². The van der Waals surface area contributed by atoms with Crippen molar-refractivity contribution in [3.8, 4) is 0 Å². The Kier molecular flexibility index (Phi) is 4.57. The summed E-state index contributed by atoms with van der Waals surface area (Å²) in [7, 11) is 5.07. The van der Waals surface area contributed by atoms with Gasteiger partial charge in [-0.25, -0.2) is 0 Å². The molecule has 1 rings (SSSR count). The van der Waals surface area contributed by atoms with Crippen LogP contribution in [0.2, 0.25) is 0 Å². The largest absolute Gasteiger partial charge is 0.343 e. The van der Waals surface area contributed by atoms with Gasteiger partial charge in [0.2, 0.25) is 5.91 Å². The number of hydrogen-bond donors (Lipinski definition) is 1. The van der Waals surface area contributed by atoms with Crippen LogP contribution in [0, 0.1) is 12.3 Å². The van der Waals surface area contributed by atoms with Crippen LogP contribution in [0.5, 0.6) is 0 Å². The fraction of sp³-hybridized carbons (Fsp3) is 0.643. The SMILES string of the molecule is CCC(C)(C)C(=O)Nc1c(C(=O)N(C)C)nn(C)c1C. The first-order chi connectivity index (χ1) is 9.11. The maximum atomic E-state index is 12.3. The van der Waals surface area contributed by atoms with Gasteiger partial charge in [0.05, 0.1) is 11.4 Å². The van der Waals surface area contributed by atoms with E-state index < -0.39 is 5.41 Å². The van der Waals surface area contributed by atoms with Gasteiger partial charge in [0.1, 0.15) is 0 Å². The first kappa shape index (κ1) is 16.2. The summed E-state index contributed by atoms with van der Waals surface area (Å²) < 4.78 is 1.60. The van der Waals surface area contributed by atoms with Crippen molar-refractivity contribution >= 4 is 17.5 Å². The molecule has 0 fully saturated rings. The molecular formula is C14H24N4O2. The van der Waals surface area contributed by atoms with Crippen LogP contribution in [0.4, 0.5) is 5.69 Å². The van der Waals surface area contributed by atoms with E-state index in [1.165, 1.54) is 4.90 Å². The summed E-state index contributed by atoms with van der Waals surface area (Å²) >= 11 is 0. The molecule has 6 nitrogen and oxygen atoms in total. The van der Waals surface area contributed by atoms with Gasteiger partial charge in [0, 0.05) is 26.6 Å². The highest BCUT2D eigenvalue weighted by Crippen LogP contribution is 2.26. The Morgan fingerprint density at radius 2 is 1.90 bits per heavy atom. The summed E-state index contributed by atoms with van der Waals surface area (Å²) in [5.41, 5.74) is 1.05. The van der Waals surface area contributed by atoms with Gasteiger partial charge in [0.25, 0.3) is 5.91 Å². The highest BCUT2D eigenvalue weighted by atomic mass is 16.2. The smallest absolute Gasteiger partial charge is 0.276 e. The van der Waals surface area contributed by atoms with E-state index in [0.717, 1.165) is 12.1 Å². The molecule has 1 heterocycles. The van der Waals surface area contributed by atoms with Crippen molar-refractivity contribution in [3.05, 3.63) is 11.4 Å². The second kappa shape index (κ2) is 5.64. The van der Waals surface area contributed by atoms with E-state index in [2.05, 4.69) is 10.4 Å². The van der Waals surface area contributed by atoms with E-state index >= 15 is 0 Å². The third kappa shape index (κ3) is 3.00. The molecule has 0 atom stereocenters. The molecule has 6 heteroatoms. The minimum atomic E-state index is -0.485. The molecule has 1 aromatic heterocycles. The zero-order valence-corrected chi connectivity index (χ0v) is 13.4. The van der Waals surface area contributed by atoms with E-state index in [-0.39, 0.29) is 17.5 Å². The summed E-state index contributed by atoms with van der Waals surface area (Å²) in [5.74, 6) is -0.331. The number of hydrogen-bond acceptors (Lipinski definition) is 3. The van der Waals surface area contributed by atoms with E-state index in [4.69, 9.17) is 0 Å². The predicted octanol–water partition coefficient (Wildman–Crippen LogP) is 1.81. The molecule has 1 N–H and O–H groups in total. The van der Waals surface area contributed by atoms with E-state index in [9.17, 15) is 9.59 Å². The minimum absolute atomic E-state index is 0.107. The number of nitrogens with zero attached hydrogens (tertiary/aromatic N) is 3. The van der Waals surface area contributed by atoms with Crippen molar-refractivity contribution in [2.45, 2.75) is 34.1 Å². The van der Waals surface area contributed by atoms with Crippen LogP contribution < -0.4 is 5.32 Å². The normalized spacial score (nSPS) is 11.3. The summed E-state index contributed by atoms with van der Waals surface area (Å²) in [4.78, 5) is 25.9. The summed E-state index contributed by atoms with van der Waals surface area (Å²) in [6, 6.07) is 0.